The predicted molar refractivity (Wildman–Crippen MR) is 87.1 cm³/mol. The van der Waals surface area contributed by atoms with Crippen LogP contribution >= 0.6 is 0 Å². The summed E-state index contributed by atoms with van der Waals surface area (Å²) >= 11 is 0. The number of carboxylic acids is 2. The van der Waals surface area contributed by atoms with E-state index < -0.39 is 17.4 Å². The molecule has 2 heterocycles. The molecule has 2 aliphatic rings. The minimum atomic E-state index is -1.87. The van der Waals surface area contributed by atoms with Crippen molar-refractivity contribution >= 4 is 17.8 Å². The molecule has 3 rings (SSSR count). The van der Waals surface area contributed by atoms with Gasteiger partial charge >= 0.3 is 11.9 Å². The molecule has 1 aromatic rings. The number of amides is 1. The molecule has 1 unspecified atom stereocenters. The maximum Gasteiger partial charge on any atom is 0.321 e. The van der Waals surface area contributed by atoms with Gasteiger partial charge in [-0.1, -0.05) is 0 Å². The van der Waals surface area contributed by atoms with Crippen LogP contribution in [0.15, 0.2) is 0 Å². The standard InChI is InChI=1S/C17H20N2O7/c1-8-11-3-17(15(21)22,16(23)24)4-12(11)9(2)19-14(8)26-6-10-5-18-13(20)7-25-10/h10H,3-7H2,1-2H3,(H,18,20)(H,21,22)(H,23,24). The molecule has 1 aliphatic carbocycles. The van der Waals surface area contributed by atoms with E-state index in [1.54, 1.807) is 13.8 Å². The Balaban J connectivity index is 1.82. The van der Waals surface area contributed by atoms with Gasteiger partial charge in [-0.15, -0.1) is 0 Å². The molecule has 1 saturated heterocycles. The highest BCUT2D eigenvalue weighted by Crippen LogP contribution is 2.42. The Morgan fingerprint density at radius 1 is 1.27 bits per heavy atom. The van der Waals surface area contributed by atoms with E-state index in [2.05, 4.69) is 10.3 Å². The normalized spacial score (nSPS) is 21.0. The molecule has 3 N–H and O–H groups in total. The van der Waals surface area contributed by atoms with Crippen LogP contribution in [0.5, 0.6) is 5.88 Å². The number of hydrogen-bond donors (Lipinski definition) is 3. The number of nitrogens with one attached hydrogen (secondary N) is 1. The number of aromatic nitrogens is 1. The molecule has 1 fully saturated rings. The highest BCUT2D eigenvalue weighted by molar-refractivity contribution is 6.00. The molecular weight excluding hydrogens is 344 g/mol. The first-order chi connectivity index (χ1) is 12.2. The zero-order chi connectivity index (χ0) is 19.1. The van der Waals surface area contributed by atoms with Crippen LogP contribution in [0.2, 0.25) is 0 Å². The molecule has 0 radical (unpaired) electrons. The van der Waals surface area contributed by atoms with E-state index in [0.29, 0.717) is 34.8 Å². The van der Waals surface area contributed by atoms with E-state index in [4.69, 9.17) is 9.47 Å². The lowest BCUT2D eigenvalue weighted by Crippen LogP contribution is -2.45. The van der Waals surface area contributed by atoms with Crippen molar-refractivity contribution in [3.05, 3.63) is 22.4 Å². The van der Waals surface area contributed by atoms with Crippen molar-refractivity contribution in [1.29, 1.82) is 0 Å². The minimum absolute atomic E-state index is 0.0244. The van der Waals surface area contributed by atoms with Crippen molar-refractivity contribution in [2.45, 2.75) is 32.8 Å². The van der Waals surface area contributed by atoms with Gasteiger partial charge in [0.2, 0.25) is 11.8 Å². The van der Waals surface area contributed by atoms with E-state index in [1.165, 1.54) is 0 Å². The summed E-state index contributed by atoms with van der Waals surface area (Å²) in [5.74, 6) is -2.56. The molecule has 0 aromatic carbocycles. The quantitative estimate of drug-likeness (QED) is 0.614. The number of hydrogen-bond acceptors (Lipinski definition) is 6. The van der Waals surface area contributed by atoms with E-state index in [0.717, 1.165) is 0 Å². The molecule has 9 heteroatoms. The largest absolute Gasteiger partial charge is 0.480 e. The fourth-order valence-corrected chi connectivity index (χ4v) is 3.36. The predicted octanol–water partition coefficient (Wildman–Crippen LogP) is -0.154. The van der Waals surface area contributed by atoms with Crippen LogP contribution in [0.1, 0.15) is 22.4 Å². The lowest BCUT2D eigenvalue weighted by molar-refractivity contribution is -0.163. The van der Waals surface area contributed by atoms with Crippen LogP contribution < -0.4 is 10.1 Å². The van der Waals surface area contributed by atoms with Crippen molar-refractivity contribution in [3.63, 3.8) is 0 Å². The third-order valence-electron chi connectivity index (χ3n) is 5.00. The van der Waals surface area contributed by atoms with Gasteiger partial charge in [0.05, 0.1) is 0 Å². The lowest BCUT2D eigenvalue weighted by atomic mass is 9.84. The molecule has 1 aromatic heterocycles. The van der Waals surface area contributed by atoms with E-state index in [9.17, 15) is 24.6 Å². The fraction of sp³-hybridized carbons (Fsp3) is 0.529. The Labute approximate surface area is 149 Å². The molecule has 1 atom stereocenters. The highest BCUT2D eigenvalue weighted by atomic mass is 16.5. The van der Waals surface area contributed by atoms with Gasteiger partial charge in [-0.25, -0.2) is 4.98 Å². The van der Waals surface area contributed by atoms with Crippen LogP contribution in [0, 0.1) is 19.3 Å². The zero-order valence-corrected chi connectivity index (χ0v) is 14.5. The molecule has 26 heavy (non-hydrogen) atoms. The van der Waals surface area contributed by atoms with Crippen molar-refractivity contribution in [2.24, 2.45) is 5.41 Å². The monoisotopic (exact) mass is 364 g/mol. The second-order valence-electron chi connectivity index (χ2n) is 6.68. The number of morpholine rings is 1. The second kappa shape index (κ2) is 6.56. The van der Waals surface area contributed by atoms with Crippen LogP contribution in [0.3, 0.4) is 0 Å². The summed E-state index contributed by atoms with van der Waals surface area (Å²) in [4.78, 5) is 38.7. The van der Waals surface area contributed by atoms with Gasteiger partial charge in [0.25, 0.3) is 0 Å². The number of pyridine rings is 1. The van der Waals surface area contributed by atoms with Gasteiger partial charge < -0.3 is 25.0 Å². The van der Waals surface area contributed by atoms with Crippen LogP contribution in [-0.2, 0) is 32.0 Å². The summed E-state index contributed by atoms with van der Waals surface area (Å²) in [5, 5.41) is 21.6. The first kappa shape index (κ1) is 18.1. The van der Waals surface area contributed by atoms with E-state index in [1.807, 2.05) is 0 Å². The molecule has 1 aliphatic heterocycles. The average molecular weight is 364 g/mol. The molecule has 1 amide bonds. The number of carboxylic acid groups (broad SMARTS) is 2. The number of fused-ring (bicyclic) bond motifs is 1. The van der Waals surface area contributed by atoms with Gasteiger partial charge in [-0.2, -0.15) is 0 Å². The SMILES string of the molecule is Cc1nc(OCC2CNC(=O)CO2)c(C)c2c1CC(C(=O)O)(C(=O)O)C2. The maximum absolute atomic E-state index is 11.6. The first-order valence-corrected chi connectivity index (χ1v) is 8.21. The Morgan fingerprint density at radius 2 is 1.92 bits per heavy atom. The number of aryl methyl sites for hydroxylation is 1. The van der Waals surface area contributed by atoms with Crippen molar-refractivity contribution in [3.8, 4) is 5.88 Å². The van der Waals surface area contributed by atoms with Gasteiger partial charge in [-0.05, 0) is 25.0 Å². The average Bonchev–Trinajstić information content (AvgIpc) is 3.01. The molecule has 9 nitrogen and oxygen atoms in total. The summed E-state index contributed by atoms with van der Waals surface area (Å²) in [6, 6.07) is 0. The van der Waals surface area contributed by atoms with Gasteiger partial charge in [0.1, 0.15) is 19.3 Å². The Morgan fingerprint density at radius 3 is 2.50 bits per heavy atom. The Bertz CT molecular complexity index is 766. The second-order valence-corrected chi connectivity index (χ2v) is 6.68. The smallest absolute Gasteiger partial charge is 0.321 e. The van der Waals surface area contributed by atoms with E-state index >= 15 is 0 Å². The van der Waals surface area contributed by atoms with Crippen molar-refractivity contribution in [2.75, 3.05) is 19.8 Å². The molecule has 0 spiro atoms. The number of nitrogens with zero attached hydrogens (tertiary/aromatic N) is 1. The number of ether oxygens (including phenoxy) is 2. The van der Waals surface area contributed by atoms with Gasteiger partial charge in [0, 0.05) is 30.6 Å². The number of carbonyl (C=O) groups excluding carboxylic acids is 1. The summed E-state index contributed by atoms with van der Waals surface area (Å²) < 4.78 is 11.1. The summed E-state index contributed by atoms with van der Waals surface area (Å²) in [6.07, 6.45) is -0.501. The summed E-state index contributed by atoms with van der Waals surface area (Å²) in [6.45, 7) is 3.94. The maximum atomic E-state index is 11.6. The lowest BCUT2D eigenvalue weighted by Gasteiger charge is -2.23. The topological polar surface area (TPSA) is 135 Å². The van der Waals surface area contributed by atoms with E-state index in [-0.39, 0.29) is 38.1 Å². The highest BCUT2D eigenvalue weighted by Gasteiger charge is 2.52. The molecule has 0 bridgehead atoms. The number of rotatable bonds is 5. The number of carbonyl (C=O) groups is 3. The number of aliphatic carboxylic acids is 2. The van der Waals surface area contributed by atoms with Crippen LogP contribution in [0.4, 0.5) is 0 Å². The summed E-state index contributed by atoms with van der Waals surface area (Å²) in [7, 11) is 0. The Kier molecular flexibility index (Phi) is 4.57. The van der Waals surface area contributed by atoms with Crippen molar-refractivity contribution in [1.82, 2.24) is 10.3 Å². The fourth-order valence-electron chi connectivity index (χ4n) is 3.36. The third kappa shape index (κ3) is 2.98. The van der Waals surface area contributed by atoms with Gasteiger partial charge in [-0.3, -0.25) is 14.4 Å². The Hall–Kier alpha value is -2.68. The molecule has 0 saturated carbocycles. The minimum Gasteiger partial charge on any atom is -0.480 e. The van der Waals surface area contributed by atoms with Crippen LogP contribution in [0.25, 0.3) is 0 Å². The molecule has 140 valence electrons. The first-order valence-electron chi connectivity index (χ1n) is 8.21. The van der Waals surface area contributed by atoms with Gasteiger partial charge in [0.15, 0.2) is 5.41 Å². The van der Waals surface area contributed by atoms with Crippen LogP contribution in [-0.4, -0.2) is 58.9 Å². The van der Waals surface area contributed by atoms with Crippen molar-refractivity contribution < 1.29 is 34.1 Å². The zero-order valence-electron chi connectivity index (χ0n) is 14.5. The molecular formula is C17H20N2O7. The third-order valence-corrected chi connectivity index (χ3v) is 5.00. The summed E-state index contributed by atoms with van der Waals surface area (Å²) in [5.41, 5.74) is 0.642.